The molecule has 10 aromatic rings. The molecule has 0 aliphatic heterocycles. The first-order valence-corrected chi connectivity index (χ1v) is 18.3. The van der Waals surface area contributed by atoms with Gasteiger partial charge in [-0.05, 0) is 81.7 Å². The van der Waals surface area contributed by atoms with Gasteiger partial charge >= 0.3 is 0 Å². The van der Waals surface area contributed by atoms with Crippen LogP contribution in [0.5, 0.6) is 0 Å². The number of hydrogen-bond acceptors (Lipinski definition) is 3. The molecule has 0 N–H and O–H groups in total. The van der Waals surface area contributed by atoms with Gasteiger partial charge in [0.1, 0.15) is 11.2 Å². The van der Waals surface area contributed by atoms with Crippen LogP contribution in [0, 0.1) is 19.1 Å². The summed E-state index contributed by atoms with van der Waals surface area (Å²) < 4.78 is 9.03. The van der Waals surface area contributed by atoms with Crippen molar-refractivity contribution in [2.75, 3.05) is 0 Å². The quantitative estimate of drug-likeness (QED) is 0.163. The van der Waals surface area contributed by atoms with Crippen molar-refractivity contribution in [2.24, 2.45) is 0 Å². The number of hydrogen-bond donors (Lipinski definition) is 0. The largest absolute Gasteiger partial charge is 0.455 e. The van der Waals surface area contributed by atoms with Crippen LogP contribution in [0.15, 0.2) is 126 Å². The van der Waals surface area contributed by atoms with Gasteiger partial charge in [-0.2, -0.15) is 0 Å². The minimum atomic E-state index is 0. The van der Waals surface area contributed by atoms with E-state index in [-0.39, 0.29) is 30.9 Å². The molecule has 269 valence electrons. The van der Waals surface area contributed by atoms with Gasteiger partial charge in [-0.1, -0.05) is 89.4 Å². The standard InChI is InChI=1S/C37H31N2O.C12H10N.Ir/c1-36(2,3)22-12-14-30-25(18-22)26-20-27-24-9-7-8-10-32(24)40-35(27)33-28-17-21(11-13-31(28)39(30)34(26)33)29-19-23(15-16-38-29)37(4,5)6;1-10-7-8-12(13-9-10)11-5-3-2-4-6-11;/h7-10,12-20H,1-6H3;2-5,7-9H,1H3;/q2*-1;. The second-order valence-corrected chi connectivity index (χ2v) is 16.3. The predicted molar refractivity (Wildman–Crippen MR) is 221 cm³/mol. The maximum atomic E-state index is 6.62. The second-order valence-electron chi connectivity index (χ2n) is 16.3. The summed E-state index contributed by atoms with van der Waals surface area (Å²) in [5.74, 6) is 0. The Labute approximate surface area is 329 Å². The van der Waals surface area contributed by atoms with Crippen LogP contribution >= 0.6 is 0 Å². The molecule has 5 aromatic carbocycles. The fourth-order valence-corrected chi connectivity index (χ4v) is 7.56. The number of benzene rings is 5. The fraction of sp³-hybridized carbons (Fsp3) is 0.184. The van der Waals surface area contributed by atoms with Gasteiger partial charge in [0.05, 0.1) is 5.52 Å². The summed E-state index contributed by atoms with van der Waals surface area (Å²) in [4.78, 5) is 9.07. The Morgan fingerprint density at radius 3 is 2.13 bits per heavy atom. The summed E-state index contributed by atoms with van der Waals surface area (Å²) >= 11 is 0. The summed E-state index contributed by atoms with van der Waals surface area (Å²) in [7, 11) is 0. The molecule has 0 saturated carbocycles. The number of pyridine rings is 2. The smallest absolute Gasteiger partial charge is 0.143 e. The van der Waals surface area contributed by atoms with Crippen LogP contribution in [0.3, 0.4) is 0 Å². The monoisotopic (exact) mass is 880 g/mol. The van der Waals surface area contributed by atoms with Crippen molar-refractivity contribution < 1.29 is 24.5 Å². The molecule has 54 heavy (non-hydrogen) atoms. The third kappa shape index (κ3) is 5.97. The number of para-hydroxylation sites is 1. The van der Waals surface area contributed by atoms with Crippen molar-refractivity contribution in [1.29, 1.82) is 0 Å². The van der Waals surface area contributed by atoms with E-state index in [1.807, 2.05) is 55.7 Å². The van der Waals surface area contributed by atoms with Gasteiger partial charge in [-0.25, -0.2) is 0 Å². The summed E-state index contributed by atoms with van der Waals surface area (Å²) in [5, 5.41) is 7.19. The molecular weight excluding hydrogens is 839 g/mol. The molecule has 0 aliphatic carbocycles. The van der Waals surface area contributed by atoms with Crippen LogP contribution in [0.1, 0.15) is 58.2 Å². The second kappa shape index (κ2) is 13.2. The number of aromatic nitrogens is 3. The van der Waals surface area contributed by atoms with E-state index in [2.05, 4.69) is 136 Å². The molecule has 5 heterocycles. The topological polar surface area (TPSA) is 43.3 Å². The maximum absolute atomic E-state index is 6.62. The van der Waals surface area contributed by atoms with Crippen molar-refractivity contribution >= 4 is 60.0 Å². The van der Waals surface area contributed by atoms with Crippen molar-refractivity contribution in [3.8, 4) is 22.5 Å². The third-order valence-electron chi connectivity index (χ3n) is 10.5. The zero-order chi connectivity index (χ0) is 36.6. The number of fused-ring (bicyclic) bond motifs is 10. The van der Waals surface area contributed by atoms with E-state index in [9.17, 15) is 0 Å². The van der Waals surface area contributed by atoms with Crippen LogP contribution in [-0.2, 0) is 30.9 Å². The van der Waals surface area contributed by atoms with E-state index in [4.69, 9.17) is 9.40 Å². The van der Waals surface area contributed by atoms with Crippen LogP contribution in [0.25, 0.3) is 82.5 Å². The average Bonchev–Trinajstić information content (AvgIpc) is 3.81. The van der Waals surface area contributed by atoms with E-state index in [0.717, 1.165) is 55.4 Å². The summed E-state index contributed by atoms with van der Waals surface area (Å²) in [5.41, 5.74) is 13.3. The van der Waals surface area contributed by atoms with Gasteiger partial charge in [0.2, 0.25) is 0 Å². The fourth-order valence-electron chi connectivity index (χ4n) is 7.56. The van der Waals surface area contributed by atoms with E-state index < -0.39 is 0 Å². The minimum Gasteiger partial charge on any atom is -0.455 e. The molecule has 4 nitrogen and oxygen atoms in total. The third-order valence-corrected chi connectivity index (χ3v) is 10.5. The zero-order valence-corrected chi connectivity index (χ0v) is 34.0. The molecule has 5 heteroatoms. The van der Waals surface area contributed by atoms with E-state index in [0.29, 0.717) is 0 Å². The Hall–Kier alpha value is -5.35. The summed E-state index contributed by atoms with van der Waals surface area (Å²) in [6, 6.07) is 45.1. The van der Waals surface area contributed by atoms with Gasteiger partial charge in [0, 0.05) is 64.9 Å². The molecule has 0 atom stereocenters. The van der Waals surface area contributed by atoms with Crippen molar-refractivity contribution in [2.45, 2.75) is 59.3 Å². The first kappa shape index (κ1) is 35.7. The molecule has 5 aromatic heterocycles. The van der Waals surface area contributed by atoms with Crippen LogP contribution < -0.4 is 0 Å². The van der Waals surface area contributed by atoms with E-state index in [1.165, 1.54) is 43.9 Å². The van der Waals surface area contributed by atoms with E-state index in [1.54, 1.807) is 0 Å². The Balaban J connectivity index is 0.000000251. The van der Waals surface area contributed by atoms with Gasteiger partial charge in [0.15, 0.2) is 0 Å². The molecule has 10 rings (SSSR count). The first-order valence-electron chi connectivity index (χ1n) is 18.3. The van der Waals surface area contributed by atoms with Gasteiger partial charge < -0.3 is 18.8 Å². The molecule has 0 bridgehead atoms. The number of furan rings is 1. The van der Waals surface area contributed by atoms with Gasteiger partial charge in [0.25, 0.3) is 0 Å². The Kier molecular flexibility index (Phi) is 8.72. The molecule has 1 radical (unpaired) electrons. The molecule has 0 amide bonds. The van der Waals surface area contributed by atoms with Crippen LogP contribution in [0.2, 0.25) is 0 Å². The Bertz CT molecular complexity index is 2960. The SMILES string of the molecule is CC(C)(C)c1ccnc(-c2[c-]cc3c(c2)c2c4oc5ccccc5c4cc4c5cc(C(C)(C)C)ccc5n3c42)c1.Cc1ccc(-c2[c-]cccc2)nc1.[Ir]. The normalized spacial score (nSPS) is 12.2. The molecule has 0 saturated heterocycles. The predicted octanol–water partition coefficient (Wildman–Crippen LogP) is 13.0. The molecule has 0 unspecified atom stereocenters. The Morgan fingerprint density at radius 2 is 1.39 bits per heavy atom. The summed E-state index contributed by atoms with van der Waals surface area (Å²) in [6.45, 7) is 15.6. The van der Waals surface area contributed by atoms with Crippen molar-refractivity contribution in [3.63, 3.8) is 0 Å². The summed E-state index contributed by atoms with van der Waals surface area (Å²) in [6.07, 6.45) is 3.79. The molecule has 0 fully saturated rings. The van der Waals surface area contributed by atoms with Gasteiger partial charge in [-0.3, -0.25) is 0 Å². The van der Waals surface area contributed by atoms with Crippen LogP contribution in [-0.4, -0.2) is 14.4 Å². The average molecular weight is 880 g/mol. The van der Waals surface area contributed by atoms with Crippen LogP contribution in [0.4, 0.5) is 0 Å². The van der Waals surface area contributed by atoms with E-state index >= 15 is 0 Å². The zero-order valence-electron chi connectivity index (χ0n) is 31.6. The van der Waals surface area contributed by atoms with Gasteiger partial charge in [-0.15, -0.1) is 59.7 Å². The number of rotatable bonds is 2. The van der Waals surface area contributed by atoms with Crippen molar-refractivity contribution in [1.82, 2.24) is 14.4 Å². The number of aryl methyl sites for hydroxylation is 1. The molecule has 0 aliphatic rings. The molecular formula is C49H41IrN3O-2. The number of nitrogens with zero attached hydrogens (tertiary/aromatic N) is 3. The van der Waals surface area contributed by atoms with Crippen molar-refractivity contribution in [3.05, 3.63) is 150 Å². The Morgan fingerprint density at radius 1 is 0.611 bits per heavy atom. The molecule has 0 spiro atoms. The first-order chi connectivity index (χ1) is 25.5. The minimum absolute atomic E-state index is 0. The maximum Gasteiger partial charge on any atom is 0.143 e.